The highest BCUT2D eigenvalue weighted by atomic mass is 127. The Labute approximate surface area is 127 Å². The standard InChI is InChI=1S/C13H10BrIN2O/c1-17(10-3-2-6-16-8-10)13(18)11-7-9(15)4-5-12(11)14/h2-8H,1H3. The number of benzene rings is 1. The Hall–Kier alpha value is -0.950. The summed E-state index contributed by atoms with van der Waals surface area (Å²) in [6, 6.07) is 9.35. The van der Waals surface area contributed by atoms with Crippen molar-refractivity contribution < 1.29 is 4.79 Å². The molecule has 0 atom stereocenters. The van der Waals surface area contributed by atoms with Crippen LogP contribution < -0.4 is 4.90 Å². The largest absolute Gasteiger partial charge is 0.310 e. The molecule has 0 spiro atoms. The van der Waals surface area contributed by atoms with Crippen molar-refractivity contribution in [3.63, 3.8) is 0 Å². The summed E-state index contributed by atoms with van der Waals surface area (Å²) < 4.78 is 1.82. The lowest BCUT2D eigenvalue weighted by Crippen LogP contribution is -2.26. The van der Waals surface area contributed by atoms with Crippen LogP contribution in [0.2, 0.25) is 0 Å². The lowest BCUT2D eigenvalue weighted by Gasteiger charge is -2.17. The van der Waals surface area contributed by atoms with Crippen LogP contribution in [0.25, 0.3) is 0 Å². The minimum atomic E-state index is -0.0617. The van der Waals surface area contributed by atoms with E-state index in [2.05, 4.69) is 43.5 Å². The number of rotatable bonds is 2. The number of hydrogen-bond donors (Lipinski definition) is 0. The van der Waals surface area contributed by atoms with Gasteiger partial charge in [0, 0.05) is 21.3 Å². The van der Waals surface area contributed by atoms with E-state index in [1.165, 1.54) is 0 Å². The Balaban J connectivity index is 2.34. The molecule has 0 aliphatic rings. The van der Waals surface area contributed by atoms with Crippen LogP contribution in [0.4, 0.5) is 5.69 Å². The second-order valence-corrected chi connectivity index (χ2v) is 5.80. The molecule has 92 valence electrons. The number of pyridine rings is 1. The first-order valence-corrected chi connectivity index (χ1v) is 7.10. The molecule has 0 bridgehead atoms. The van der Waals surface area contributed by atoms with E-state index in [0.717, 1.165) is 13.7 Å². The molecule has 0 fully saturated rings. The van der Waals surface area contributed by atoms with Gasteiger partial charge in [0.25, 0.3) is 5.91 Å². The van der Waals surface area contributed by atoms with Crippen LogP contribution in [-0.4, -0.2) is 17.9 Å². The molecule has 0 saturated heterocycles. The van der Waals surface area contributed by atoms with Crippen LogP contribution in [0.5, 0.6) is 0 Å². The second-order valence-electron chi connectivity index (χ2n) is 3.70. The van der Waals surface area contributed by atoms with Crippen molar-refractivity contribution in [3.8, 4) is 0 Å². The molecule has 18 heavy (non-hydrogen) atoms. The molecule has 0 radical (unpaired) electrons. The van der Waals surface area contributed by atoms with Crippen LogP contribution in [0.3, 0.4) is 0 Å². The predicted molar refractivity (Wildman–Crippen MR) is 83.8 cm³/mol. The molecule has 1 amide bonds. The van der Waals surface area contributed by atoms with Crippen LogP contribution >= 0.6 is 38.5 Å². The first kappa shape index (κ1) is 13.5. The summed E-state index contributed by atoms with van der Waals surface area (Å²) >= 11 is 5.60. The maximum atomic E-state index is 12.4. The zero-order valence-corrected chi connectivity index (χ0v) is 13.3. The van der Waals surface area contributed by atoms with E-state index < -0.39 is 0 Å². The first-order valence-electron chi connectivity index (χ1n) is 5.22. The average Bonchev–Trinajstić information content (AvgIpc) is 2.41. The molecule has 0 N–H and O–H groups in total. The Kier molecular flexibility index (Phi) is 4.34. The van der Waals surface area contributed by atoms with Gasteiger partial charge in [0.15, 0.2) is 0 Å². The van der Waals surface area contributed by atoms with Crippen LogP contribution in [0.1, 0.15) is 10.4 Å². The van der Waals surface area contributed by atoms with Gasteiger partial charge in [-0.25, -0.2) is 0 Å². The minimum absolute atomic E-state index is 0.0617. The maximum absolute atomic E-state index is 12.4. The summed E-state index contributed by atoms with van der Waals surface area (Å²) in [5, 5.41) is 0. The topological polar surface area (TPSA) is 33.2 Å². The Morgan fingerprint density at radius 2 is 2.17 bits per heavy atom. The van der Waals surface area contributed by atoms with Gasteiger partial charge in [-0.15, -0.1) is 0 Å². The summed E-state index contributed by atoms with van der Waals surface area (Å²) in [5.74, 6) is -0.0617. The van der Waals surface area contributed by atoms with Crippen LogP contribution in [-0.2, 0) is 0 Å². The molecule has 0 aliphatic carbocycles. The number of anilines is 1. The number of amides is 1. The van der Waals surface area contributed by atoms with Crippen molar-refractivity contribution in [1.29, 1.82) is 0 Å². The van der Waals surface area contributed by atoms with Crippen LogP contribution in [0, 0.1) is 3.57 Å². The number of halogens is 2. The fraction of sp³-hybridized carbons (Fsp3) is 0.0769. The first-order chi connectivity index (χ1) is 8.59. The highest BCUT2D eigenvalue weighted by Crippen LogP contribution is 2.22. The van der Waals surface area contributed by atoms with Gasteiger partial charge < -0.3 is 4.90 Å². The number of hydrogen-bond acceptors (Lipinski definition) is 2. The third kappa shape index (κ3) is 2.89. The van der Waals surface area contributed by atoms with Crippen LogP contribution in [0.15, 0.2) is 47.2 Å². The Morgan fingerprint density at radius 1 is 1.39 bits per heavy atom. The summed E-state index contributed by atoms with van der Waals surface area (Å²) in [5.41, 5.74) is 1.42. The molecule has 2 aromatic rings. The zero-order chi connectivity index (χ0) is 13.1. The predicted octanol–water partition coefficient (Wildman–Crippen LogP) is 3.73. The average molecular weight is 417 g/mol. The van der Waals surface area contributed by atoms with E-state index in [0.29, 0.717) is 5.56 Å². The molecule has 0 aliphatic heterocycles. The fourth-order valence-corrected chi connectivity index (χ4v) is 2.42. The fourth-order valence-electron chi connectivity index (χ4n) is 1.51. The molecular formula is C13H10BrIN2O. The van der Waals surface area contributed by atoms with Crippen molar-refractivity contribution in [3.05, 3.63) is 56.3 Å². The molecule has 1 aromatic heterocycles. The molecule has 3 nitrogen and oxygen atoms in total. The normalized spacial score (nSPS) is 10.2. The van der Waals surface area contributed by atoms with Gasteiger partial charge in [-0.05, 0) is 68.9 Å². The third-order valence-electron chi connectivity index (χ3n) is 2.50. The third-order valence-corrected chi connectivity index (χ3v) is 3.86. The minimum Gasteiger partial charge on any atom is -0.310 e. The van der Waals surface area contributed by atoms with E-state index in [1.54, 1.807) is 24.3 Å². The molecule has 0 unspecified atom stereocenters. The Morgan fingerprint density at radius 3 is 2.83 bits per heavy atom. The van der Waals surface area contributed by atoms with Gasteiger partial charge in [-0.1, -0.05) is 0 Å². The number of nitrogens with zero attached hydrogens (tertiary/aromatic N) is 2. The molecule has 1 aromatic carbocycles. The molecule has 1 heterocycles. The van der Waals surface area contributed by atoms with Crippen molar-refractivity contribution in [2.45, 2.75) is 0 Å². The summed E-state index contributed by atoms with van der Waals surface area (Å²) in [7, 11) is 1.74. The van der Waals surface area contributed by atoms with Gasteiger partial charge in [0.2, 0.25) is 0 Å². The SMILES string of the molecule is CN(C(=O)c1cc(I)ccc1Br)c1cccnc1. The number of carbonyl (C=O) groups excluding carboxylic acids is 1. The van der Waals surface area contributed by atoms with Crippen molar-refractivity contribution in [2.75, 3.05) is 11.9 Å². The quantitative estimate of drug-likeness (QED) is 0.699. The molecule has 2 rings (SSSR count). The monoisotopic (exact) mass is 416 g/mol. The summed E-state index contributed by atoms with van der Waals surface area (Å²) in [6.45, 7) is 0. The van der Waals surface area contributed by atoms with Gasteiger partial charge in [0.05, 0.1) is 17.4 Å². The molecular weight excluding hydrogens is 407 g/mol. The number of aromatic nitrogens is 1. The number of carbonyl (C=O) groups is 1. The van der Waals surface area contributed by atoms with Crippen molar-refractivity contribution in [2.24, 2.45) is 0 Å². The van der Waals surface area contributed by atoms with Gasteiger partial charge in [-0.2, -0.15) is 0 Å². The molecule has 5 heteroatoms. The van der Waals surface area contributed by atoms with Gasteiger partial charge >= 0.3 is 0 Å². The lowest BCUT2D eigenvalue weighted by atomic mass is 10.2. The summed E-state index contributed by atoms with van der Waals surface area (Å²) in [6.07, 6.45) is 3.35. The van der Waals surface area contributed by atoms with Gasteiger partial charge in [-0.3, -0.25) is 9.78 Å². The van der Waals surface area contributed by atoms with Crippen molar-refractivity contribution in [1.82, 2.24) is 4.98 Å². The Bertz CT molecular complexity index is 574. The highest BCUT2D eigenvalue weighted by molar-refractivity contribution is 14.1. The van der Waals surface area contributed by atoms with Gasteiger partial charge in [0.1, 0.15) is 0 Å². The highest BCUT2D eigenvalue weighted by Gasteiger charge is 2.16. The smallest absolute Gasteiger partial charge is 0.259 e. The molecule has 0 saturated carbocycles. The second kappa shape index (κ2) is 5.79. The van der Waals surface area contributed by atoms with E-state index >= 15 is 0 Å². The summed E-state index contributed by atoms with van der Waals surface area (Å²) in [4.78, 5) is 18.0. The maximum Gasteiger partial charge on any atom is 0.259 e. The van der Waals surface area contributed by atoms with Crippen molar-refractivity contribution >= 4 is 50.1 Å². The van der Waals surface area contributed by atoms with E-state index in [1.807, 2.05) is 30.3 Å². The lowest BCUT2D eigenvalue weighted by molar-refractivity contribution is 0.0992. The van der Waals surface area contributed by atoms with E-state index in [-0.39, 0.29) is 5.91 Å². The zero-order valence-electron chi connectivity index (χ0n) is 9.60. The van der Waals surface area contributed by atoms with E-state index in [9.17, 15) is 4.79 Å². The van der Waals surface area contributed by atoms with E-state index in [4.69, 9.17) is 0 Å².